The van der Waals surface area contributed by atoms with Crippen LogP contribution in [0.25, 0.3) is 0 Å². The van der Waals surface area contributed by atoms with Gasteiger partial charge in [0.2, 0.25) is 0 Å². The average Bonchev–Trinajstić information content (AvgIpc) is 2.80. The summed E-state index contributed by atoms with van der Waals surface area (Å²) in [4.78, 5) is 15.7. The maximum absolute atomic E-state index is 11.8. The summed E-state index contributed by atoms with van der Waals surface area (Å²) in [6, 6.07) is 1.60. The van der Waals surface area contributed by atoms with Crippen molar-refractivity contribution < 1.29 is 4.79 Å². The zero-order chi connectivity index (χ0) is 13.7. The number of amides is 1. The second-order valence-corrected chi connectivity index (χ2v) is 4.64. The largest absolute Gasteiger partial charge is 0.352 e. The monoisotopic (exact) mass is 278 g/mol. The van der Waals surface area contributed by atoms with E-state index < -0.39 is 0 Å². The quantitative estimate of drug-likeness (QED) is 0.823. The first-order chi connectivity index (χ1) is 9.18. The van der Waals surface area contributed by atoms with Gasteiger partial charge in [-0.3, -0.25) is 14.9 Å². The number of pyridine rings is 1. The number of carbonyl (C=O) groups is 1. The second kappa shape index (κ2) is 6.33. The lowest BCUT2D eigenvalue weighted by atomic mass is 10.1. The van der Waals surface area contributed by atoms with E-state index in [0.29, 0.717) is 17.1 Å². The average molecular weight is 279 g/mol. The Labute approximate surface area is 116 Å². The molecule has 0 spiro atoms. The van der Waals surface area contributed by atoms with E-state index in [2.05, 4.69) is 20.5 Å². The van der Waals surface area contributed by atoms with Crippen LogP contribution in [0.15, 0.2) is 24.7 Å². The Hall–Kier alpha value is -1.88. The number of nitrogens with one attached hydrogen (secondary N) is 2. The molecule has 0 aliphatic carbocycles. The predicted molar refractivity (Wildman–Crippen MR) is 73.2 cm³/mol. The normalized spacial score (nSPS) is 10.4. The number of aromatic amines is 1. The van der Waals surface area contributed by atoms with Gasteiger partial charge in [-0.1, -0.05) is 11.6 Å². The van der Waals surface area contributed by atoms with Crippen molar-refractivity contribution >= 4 is 17.5 Å². The topological polar surface area (TPSA) is 70.7 Å². The van der Waals surface area contributed by atoms with Gasteiger partial charge in [-0.15, -0.1) is 0 Å². The lowest BCUT2D eigenvalue weighted by molar-refractivity contribution is 0.0953. The molecule has 6 heteroatoms. The van der Waals surface area contributed by atoms with Crippen LogP contribution in [-0.4, -0.2) is 27.6 Å². The van der Waals surface area contributed by atoms with E-state index in [1.165, 1.54) is 11.8 Å². The van der Waals surface area contributed by atoms with Crippen molar-refractivity contribution in [1.82, 2.24) is 20.5 Å². The Morgan fingerprint density at radius 2 is 2.32 bits per heavy atom. The van der Waals surface area contributed by atoms with Crippen molar-refractivity contribution in [3.05, 3.63) is 46.5 Å². The number of hydrogen-bond acceptors (Lipinski definition) is 3. The highest BCUT2D eigenvalue weighted by Crippen LogP contribution is 2.13. The van der Waals surface area contributed by atoms with Crippen LogP contribution in [0.5, 0.6) is 0 Å². The van der Waals surface area contributed by atoms with Crippen LogP contribution in [-0.2, 0) is 6.42 Å². The Morgan fingerprint density at radius 1 is 1.47 bits per heavy atom. The molecule has 0 aromatic carbocycles. The first kappa shape index (κ1) is 13.5. The van der Waals surface area contributed by atoms with Gasteiger partial charge in [0.1, 0.15) is 0 Å². The number of aryl methyl sites for hydroxylation is 2. The summed E-state index contributed by atoms with van der Waals surface area (Å²) in [5, 5.41) is 10.1. The van der Waals surface area contributed by atoms with Gasteiger partial charge in [0.25, 0.3) is 5.91 Å². The first-order valence-electron chi connectivity index (χ1n) is 6.05. The number of rotatable bonds is 5. The third-order valence-electron chi connectivity index (χ3n) is 2.86. The Kier molecular flexibility index (Phi) is 4.52. The number of aromatic nitrogens is 3. The van der Waals surface area contributed by atoms with Crippen LogP contribution < -0.4 is 5.32 Å². The SMILES string of the molecule is Cc1[nH]ncc1CCCNC(=O)c1cnccc1Cl. The Bertz CT molecular complexity index is 567. The van der Waals surface area contributed by atoms with Crippen molar-refractivity contribution in [2.24, 2.45) is 0 Å². The van der Waals surface area contributed by atoms with E-state index in [9.17, 15) is 4.79 Å². The zero-order valence-corrected chi connectivity index (χ0v) is 11.4. The van der Waals surface area contributed by atoms with Gasteiger partial charge in [0.15, 0.2) is 0 Å². The van der Waals surface area contributed by atoms with Gasteiger partial charge in [-0.2, -0.15) is 5.10 Å². The molecule has 2 aromatic heterocycles. The van der Waals surface area contributed by atoms with E-state index in [-0.39, 0.29) is 5.91 Å². The number of halogens is 1. The second-order valence-electron chi connectivity index (χ2n) is 4.24. The van der Waals surface area contributed by atoms with Gasteiger partial charge in [-0.25, -0.2) is 0 Å². The highest BCUT2D eigenvalue weighted by atomic mass is 35.5. The molecular formula is C13H15ClN4O. The summed E-state index contributed by atoms with van der Waals surface area (Å²) in [7, 11) is 0. The molecule has 1 amide bonds. The van der Waals surface area contributed by atoms with E-state index in [0.717, 1.165) is 18.5 Å². The van der Waals surface area contributed by atoms with E-state index >= 15 is 0 Å². The minimum absolute atomic E-state index is 0.193. The Morgan fingerprint density at radius 3 is 3.00 bits per heavy atom. The summed E-state index contributed by atoms with van der Waals surface area (Å²) in [5.74, 6) is -0.193. The maximum atomic E-state index is 11.8. The van der Waals surface area contributed by atoms with Gasteiger partial charge < -0.3 is 5.32 Å². The van der Waals surface area contributed by atoms with Gasteiger partial charge in [0.05, 0.1) is 16.8 Å². The molecule has 5 nitrogen and oxygen atoms in total. The van der Waals surface area contributed by atoms with Crippen molar-refractivity contribution in [3.8, 4) is 0 Å². The van der Waals surface area contributed by atoms with Gasteiger partial charge in [0, 0.05) is 24.6 Å². The molecule has 0 saturated heterocycles. The van der Waals surface area contributed by atoms with Crippen molar-refractivity contribution in [2.45, 2.75) is 19.8 Å². The molecule has 0 aliphatic rings. The molecular weight excluding hydrogens is 264 g/mol. The summed E-state index contributed by atoms with van der Waals surface area (Å²) in [6.07, 6.45) is 6.57. The van der Waals surface area contributed by atoms with Crippen molar-refractivity contribution in [1.29, 1.82) is 0 Å². The van der Waals surface area contributed by atoms with Crippen molar-refractivity contribution in [2.75, 3.05) is 6.54 Å². The van der Waals surface area contributed by atoms with Crippen molar-refractivity contribution in [3.63, 3.8) is 0 Å². The van der Waals surface area contributed by atoms with Crippen LogP contribution in [0.1, 0.15) is 28.0 Å². The van der Waals surface area contributed by atoms with Crippen LogP contribution in [0.3, 0.4) is 0 Å². The Balaban J connectivity index is 1.79. The third-order valence-corrected chi connectivity index (χ3v) is 3.18. The molecule has 19 heavy (non-hydrogen) atoms. The van der Waals surface area contributed by atoms with E-state index in [1.807, 2.05) is 13.1 Å². The molecule has 2 aromatic rings. The maximum Gasteiger partial charge on any atom is 0.254 e. The molecule has 0 aliphatic heterocycles. The minimum Gasteiger partial charge on any atom is -0.352 e. The smallest absolute Gasteiger partial charge is 0.254 e. The van der Waals surface area contributed by atoms with E-state index in [4.69, 9.17) is 11.6 Å². The molecule has 0 radical (unpaired) electrons. The number of nitrogens with zero attached hydrogens (tertiary/aromatic N) is 2. The molecule has 0 fully saturated rings. The predicted octanol–water partition coefficient (Wildman–Crippen LogP) is 2.13. The minimum atomic E-state index is -0.193. The lowest BCUT2D eigenvalue weighted by Gasteiger charge is -2.05. The molecule has 0 saturated carbocycles. The molecule has 2 N–H and O–H groups in total. The molecule has 0 unspecified atom stereocenters. The molecule has 100 valence electrons. The van der Waals surface area contributed by atoms with Crippen LogP contribution in [0, 0.1) is 6.92 Å². The van der Waals surface area contributed by atoms with Gasteiger partial charge in [-0.05, 0) is 31.4 Å². The molecule has 2 rings (SSSR count). The van der Waals surface area contributed by atoms with Crippen LogP contribution >= 0.6 is 11.6 Å². The summed E-state index contributed by atoms with van der Waals surface area (Å²) < 4.78 is 0. The molecule has 0 bridgehead atoms. The van der Waals surface area contributed by atoms with E-state index in [1.54, 1.807) is 12.3 Å². The fourth-order valence-electron chi connectivity index (χ4n) is 1.75. The molecule has 2 heterocycles. The molecule has 0 atom stereocenters. The number of carbonyl (C=O) groups excluding carboxylic acids is 1. The summed E-state index contributed by atoms with van der Waals surface area (Å²) >= 11 is 5.92. The number of H-pyrrole nitrogens is 1. The lowest BCUT2D eigenvalue weighted by Crippen LogP contribution is -2.25. The van der Waals surface area contributed by atoms with Crippen LogP contribution in [0.4, 0.5) is 0 Å². The summed E-state index contributed by atoms with van der Waals surface area (Å²) in [6.45, 7) is 2.57. The fourth-order valence-corrected chi connectivity index (χ4v) is 1.94. The zero-order valence-electron chi connectivity index (χ0n) is 10.6. The fraction of sp³-hybridized carbons (Fsp3) is 0.308. The van der Waals surface area contributed by atoms with Gasteiger partial charge >= 0.3 is 0 Å². The third kappa shape index (κ3) is 3.54. The standard InChI is InChI=1S/C13H15ClN4O/c1-9-10(7-17-18-9)3-2-5-16-13(19)11-8-15-6-4-12(11)14/h4,6-8H,2-3,5H2,1H3,(H,16,19)(H,17,18). The highest BCUT2D eigenvalue weighted by molar-refractivity contribution is 6.33. The number of hydrogen-bond donors (Lipinski definition) is 2. The van der Waals surface area contributed by atoms with Crippen LogP contribution in [0.2, 0.25) is 5.02 Å². The summed E-state index contributed by atoms with van der Waals surface area (Å²) in [5.41, 5.74) is 2.65. The highest BCUT2D eigenvalue weighted by Gasteiger charge is 2.09. The first-order valence-corrected chi connectivity index (χ1v) is 6.43.